The second-order valence-electron chi connectivity index (χ2n) is 13.9. The summed E-state index contributed by atoms with van der Waals surface area (Å²) in [5, 5.41) is 6.87. The summed E-state index contributed by atoms with van der Waals surface area (Å²) in [5.41, 5.74) is 11.9. The third kappa shape index (κ3) is 5.26. The van der Waals surface area contributed by atoms with Gasteiger partial charge in [0.1, 0.15) is 16.7 Å². The maximum absolute atomic E-state index is 6.44. The monoisotopic (exact) mass is 704 g/mol. The second kappa shape index (κ2) is 12.6. The molecule has 55 heavy (non-hydrogen) atoms. The van der Waals surface area contributed by atoms with Crippen molar-refractivity contribution >= 4 is 71.6 Å². The lowest BCUT2D eigenvalue weighted by atomic mass is 9.99. The number of hydrogen-bond acceptors (Lipinski definition) is 4. The van der Waals surface area contributed by atoms with Crippen LogP contribution < -0.4 is 4.90 Å². The minimum absolute atomic E-state index is 0.603. The normalized spacial score (nSPS) is 11.6. The number of anilines is 3. The molecule has 0 N–H and O–H groups in total. The first-order valence-corrected chi connectivity index (χ1v) is 18.5. The zero-order valence-electron chi connectivity index (χ0n) is 29.7. The Morgan fingerprint density at radius 2 is 1.07 bits per heavy atom. The zero-order valence-corrected chi connectivity index (χ0v) is 29.7. The number of para-hydroxylation sites is 1. The molecular weight excluding hydrogens is 673 g/mol. The molecule has 258 valence electrons. The van der Waals surface area contributed by atoms with Gasteiger partial charge in [-0.1, -0.05) is 127 Å². The smallest absolute Gasteiger partial charge is 0.227 e. The Morgan fingerprint density at radius 3 is 1.91 bits per heavy atom. The van der Waals surface area contributed by atoms with Gasteiger partial charge in [0.2, 0.25) is 5.89 Å². The Labute approximate surface area is 317 Å². The number of rotatable bonds is 6. The van der Waals surface area contributed by atoms with Crippen LogP contribution in [-0.4, -0.2) is 4.98 Å². The highest BCUT2D eigenvalue weighted by Gasteiger charge is 2.20. The van der Waals surface area contributed by atoms with E-state index in [1.54, 1.807) is 0 Å². The van der Waals surface area contributed by atoms with Crippen LogP contribution in [0.25, 0.3) is 88.3 Å². The molecule has 0 fully saturated rings. The minimum Gasteiger partial charge on any atom is -0.456 e. The predicted molar refractivity (Wildman–Crippen MR) is 227 cm³/mol. The van der Waals surface area contributed by atoms with Crippen molar-refractivity contribution in [3.63, 3.8) is 0 Å². The van der Waals surface area contributed by atoms with Gasteiger partial charge in [0.15, 0.2) is 5.58 Å². The van der Waals surface area contributed by atoms with Crippen molar-refractivity contribution in [1.82, 2.24) is 4.98 Å². The van der Waals surface area contributed by atoms with E-state index in [-0.39, 0.29) is 0 Å². The summed E-state index contributed by atoms with van der Waals surface area (Å²) in [7, 11) is 0. The van der Waals surface area contributed by atoms with Crippen LogP contribution in [0.1, 0.15) is 0 Å². The highest BCUT2D eigenvalue weighted by atomic mass is 16.4. The number of aromatic nitrogens is 1. The molecule has 0 unspecified atom stereocenters. The number of hydrogen-bond donors (Lipinski definition) is 0. The van der Waals surface area contributed by atoms with Gasteiger partial charge < -0.3 is 13.7 Å². The van der Waals surface area contributed by atoms with Crippen LogP contribution in [-0.2, 0) is 0 Å². The summed E-state index contributed by atoms with van der Waals surface area (Å²) in [4.78, 5) is 7.17. The van der Waals surface area contributed by atoms with Crippen molar-refractivity contribution in [3.05, 3.63) is 194 Å². The molecule has 0 amide bonds. The van der Waals surface area contributed by atoms with Gasteiger partial charge in [-0.15, -0.1) is 0 Å². The maximum atomic E-state index is 6.44. The van der Waals surface area contributed by atoms with Crippen molar-refractivity contribution in [2.75, 3.05) is 4.90 Å². The fourth-order valence-corrected chi connectivity index (χ4v) is 8.02. The molecule has 11 aromatic rings. The first kappa shape index (κ1) is 31.1. The van der Waals surface area contributed by atoms with Gasteiger partial charge in [0, 0.05) is 27.9 Å². The fraction of sp³-hybridized carbons (Fsp3) is 0. The lowest BCUT2D eigenvalue weighted by Crippen LogP contribution is -2.11. The molecule has 0 saturated carbocycles. The van der Waals surface area contributed by atoms with Crippen LogP contribution in [0.5, 0.6) is 0 Å². The van der Waals surface area contributed by atoms with Crippen molar-refractivity contribution in [1.29, 1.82) is 0 Å². The van der Waals surface area contributed by atoms with E-state index in [9.17, 15) is 0 Å². The van der Waals surface area contributed by atoms with E-state index in [1.165, 1.54) is 27.1 Å². The molecule has 2 aromatic heterocycles. The molecule has 2 heterocycles. The molecule has 11 rings (SSSR count). The van der Waals surface area contributed by atoms with Crippen LogP contribution in [0.3, 0.4) is 0 Å². The standard InChI is InChI=1S/C51H32N2O2/c1-3-11-34(12-4-1)42-17-9-10-18-46(42)53(40-27-23-36-20-19-35-13-7-8-16-41(35)44(36)32-40)39-25-21-33(22-26-39)38-24-28-43-48(31-38)54-47-30-29-45-50(49(43)47)55-51(52-45)37-14-5-2-6-15-37/h1-32H. The molecule has 0 aliphatic rings. The number of oxazole rings is 1. The highest BCUT2D eigenvalue weighted by Crippen LogP contribution is 2.43. The van der Waals surface area contributed by atoms with Crippen molar-refractivity contribution in [2.24, 2.45) is 0 Å². The van der Waals surface area contributed by atoms with Crippen LogP contribution in [0.15, 0.2) is 203 Å². The Kier molecular flexibility index (Phi) is 7.14. The van der Waals surface area contributed by atoms with Gasteiger partial charge in [-0.2, -0.15) is 0 Å². The molecule has 9 aromatic carbocycles. The van der Waals surface area contributed by atoms with Crippen LogP contribution in [0.4, 0.5) is 17.1 Å². The predicted octanol–water partition coefficient (Wildman–Crippen LogP) is 14.5. The van der Waals surface area contributed by atoms with Gasteiger partial charge in [-0.25, -0.2) is 4.98 Å². The Morgan fingerprint density at radius 1 is 0.400 bits per heavy atom. The first-order chi connectivity index (χ1) is 27.2. The number of benzene rings is 9. The summed E-state index contributed by atoms with van der Waals surface area (Å²) in [6, 6.07) is 68.4. The molecule has 0 saturated heterocycles. The summed E-state index contributed by atoms with van der Waals surface area (Å²) in [6.07, 6.45) is 0. The Hall–Kier alpha value is -7.43. The van der Waals surface area contributed by atoms with Crippen molar-refractivity contribution in [3.8, 4) is 33.7 Å². The Bertz CT molecular complexity index is 3200. The average Bonchev–Trinajstić information content (AvgIpc) is 3.86. The van der Waals surface area contributed by atoms with Gasteiger partial charge in [0.25, 0.3) is 0 Å². The van der Waals surface area contributed by atoms with E-state index in [1.807, 2.05) is 42.5 Å². The topological polar surface area (TPSA) is 42.4 Å². The first-order valence-electron chi connectivity index (χ1n) is 18.5. The van der Waals surface area contributed by atoms with Gasteiger partial charge in [-0.3, -0.25) is 0 Å². The van der Waals surface area contributed by atoms with Crippen LogP contribution >= 0.6 is 0 Å². The van der Waals surface area contributed by atoms with Crippen LogP contribution in [0.2, 0.25) is 0 Å². The number of furan rings is 1. The van der Waals surface area contributed by atoms with Crippen LogP contribution in [0, 0.1) is 0 Å². The van der Waals surface area contributed by atoms with E-state index in [2.05, 4.69) is 157 Å². The van der Waals surface area contributed by atoms with E-state index in [0.29, 0.717) is 5.89 Å². The molecular formula is C51H32N2O2. The zero-order chi connectivity index (χ0) is 36.3. The quantitative estimate of drug-likeness (QED) is 0.162. The summed E-state index contributed by atoms with van der Waals surface area (Å²) in [6.45, 7) is 0. The molecule has 0 atom stereocenters. The van der Waals surface area contributed by atoms with Crippen molar-refractivity contribution in [2.45, 2.75) is 0 Å². The molecule has 4 heteroatoms. The molecule has 0 bridgehead atoms. The fourth-order valence-electron chi connectivity index (χ4n) is 8.02. The summed E-state index contributed by atoms with van der Waals surface area (Å²) in [5.74, 6) is 0.603. The molecule has 0 spiro atoms. The van der Waals surface area contributed by atoms with Gasteiger partial charge >= 0.3 is 0 Å². The minimum atomic E-state index is 0.603. The average molecular weight is 705 g/mol. The largest absolute Gasteiger partial charge is 0.456 e. The molecule has 0 aliphatic carbocycles. The maximum Gasteiger partial charge on any atom is 0.227 e. The van der Waals surface area contributed by atoms with E-state index in [0.717, 1.165) is 72.4 Å². The van der Waals surface area contributed by atoms with Gasteiger partial charge in [0.05, 0.1) is 11.1 Å². The summed E-state index contributed by atoms with van der Waals surface area (Å²) < 4.78 is 12.8. The number of nitrogens with zero attached hydrogens (tertiary/aromatic N) is 2. The third-order valence-electron chi connectivity index (χ3n) is 10.7. The highest BCUT2D eigenvalue weighted by molar-refractivity contribution is 6.17. The Balaban J connectivity index is 1.02. The second-order valence-corrected chi connectivity index (χ2v) is 13.9. The molecule has 0 radical (unpaired) electrons. The lowest BCUT2D eigenvalue weighted by Gasteiger charge is -2.28. The SMILES string of the molecule is c1ccc(-c2nc3ccc4oc5cc(-c6ccc(N(c7ccc8ccc9ccccc9c8c7)c7ccccc7-c7ccccc7)cc6)ccc5c4c3o2)cc1. The lowest BCUT2D eigenvalue weighted by molar-refractivity contribution is 0.622. The van der Waals surface area contributed by atoms with E-state index >= 15 is 0 Å². The van der Waals surface area contributed by atoms with Crippen molar-refractivity contribution < 1.29 is 8.83 Å². The number of fused-ring (bicyclic) bond motifs is 8. The van der Waals surface area contributed by atoms with Gasteiger partial charge in [-0.05, 0) is 105 Å². The van der Waals surface area contributed by atoms with E-state index in [4.69, 9.17) is 13.8 Å². The third-order valence-corrected chi connectivity index (χ3v) is 10.7. The molecule has 4 nitrogen and oxygen atoms in total. The van der Waals surface area contributed by atoms with E-state index < -0.39 is 0 Å². The summed E-state index contributed by atoms with van der Waals surface area (Å²) >= 11 is 0. The molecule has 0 aliphatic heterocycles.